The maximum absolute atomic E-state index is 9.29. The van der Waals surface area contributed by atoms with E-state index in [0.717, 1.165) is 18.4 Å². The van der Waals surface area contributed by atoms with Crippen LogP contribution in [0.4, 0.5) is 0 Å². The zero-order valence-electron chi connectivity index (χ0n) is 12.4. The molecule has 1 aromatic carbocycles. The molecule has 2 nitrogen and oxygen atoms in total. The first-order valence-corrected chi connectivity index (χ1v) is 7.81. The number of aryl methyl sites for hydroxylation is 1. The number of aromatic hydroxyl groups is 1. The minimum absolute atomic E-state index is 0.365. The second kappa shape index (κ2) is 6.95. The first kappa shape index (κ1) is 14.4. The van der Waals surface area contributed by atoms with Gasteiger partial charge in [0.05, 0.1) is 19.1 Å². The van der Waals surface area contributed by atoms with Crippen LogP contribution in [0, 0.1) is 5.92 Å². The van der Waals surface area contributed by atoms with E-state index in [4.69, 9.17) is 0 Å². The SMILES string of the molecule is CCC[NH+](CC1CC1)C(C)CCc1ccc(O)cc1. The van der Waals surface area contributed by atoms with Gasteiger partial charge in [-0.1, -0.05) is 19.1 Å². The maximum Gasteiger partial charge on any atom is 0.115 e. The molecule has 2 rings (SSSR count). The number of rotatable bonds is 8. The lowest BCUT2D eigenvalue weighted by Gasteiger charge is -2.26. The Kier molecular flexibility index (Phi) is 5.26. The molecule has 0 saturated heterocycles. The van der Waals surface area contributed by atoms with E-state index in [1.807, 2.05) is 12.1 Å². The number of quaternary nitrogens is 1. The number of hydrogen-bond donors (Lipinski definition) is 2. The monoisotopic (exact) mass is 262 g/mol. The fraction of sp³-hybridized carbons (Fsp3) is 0.647. The smallest absolute Gasteiger partial charge is 0.115 e. The molecule has 0 spiro atoms. The van der Waals surface area contributed by atoms with Crippen LogP contribution < -0.4 is 4.90 Å². The average Bonchev–Trinajstić information content (AvgIpc) is 3.21. The molecule has 2 atom stereocenters. The van der Waals surface area contributed by atoms with E-state index in [9.17, 15) is 5.11 Å². The number of phenolic OH excluding ortho intramolecular Hbond substituents is 1. The number of benzene rings is 1. The van der Waals surface area contributed by atoms with Crippen molar-refractivity contribution in [2.24, 2.45) is 5.92 Å². The van der Waals surface area contributed by atoms with Crippen LogP contribution in [0.3, 0.4) is 0 Å². The summed E-state index contributed by atoms with van der Waals surface area (Å²) in [7, 11) is 0. The highest BCUT2D eigenvalue weighted by atomic mass is 16.3. The Hall–Kier alpha value is -1.02. The Morgan fingerprint density at radius 1 is 1.26 bits per heavy atom. The van der Waals surface area contributed by atoms with Gasteiger partial charge in [-0.3, -0.25) is 0 Å². The zero-order chi connectivity index (χ0) is 13.7. The van der Waals surface area contributed by atoms with Gasteiger partial charge in [0.15, 0.2) is 0 Å². The molecule has 0 radical (unpaired) electrons. The van der Waals surface area contributed by atoms with Crippen molar-refractivity contribution in [2.45, 2.75) is 52.0 Å². The quantitative estimate of drug-likeness (QED) is 0.739. The molecule has 1 aliphatic carbocycles. The predicted molar refractivity (Wildman–Crippen MR) is 79.6 cm³/mol. The van der Waals surface area contributed by atoms with Gasteiger partial charge in [-0.25, -0.2) is 0 Å². The van der Waals surface area contributed by atoms with Crippen LogP contribution in [0.15, 0.2) is 24.3 Å². The third-order valence-electron chi connectivity index (χ3n) is 4.32. The Morgan fingerprint density at radius 2 is 1.95 bits per heavy atom. The molecule has 2 heteroatoms. The van der Waals surface area contributed by atoms with Gasteiger partial charge in [-0.2, -0.15) is 0 Å². The van der Waals surface area contributed by atoms with Crippen molar-refractivity contribution < 1.29 is 10.0 Å². The van der Waals surface area contributed by atoms with Gasteiger partial charge in [0, 0.05) is 12.3 Å². The van der Waals surface area contributed by atoms with Crippen LogP contribution in [0.2, 0.25) is 0 Å². The highest BCUT2D eigenvalue weighted by Crippen LogP contribution is 2.26. The van der Waals surface area contributed by atoms with Crippen molar-refractivity contribution in [1.82, 2.24) is 0 Å². The van der Waals surface area contributed by atoms with E-state index in [2.05, 4.69) is 13.8 Å². The lowest BCUT2D eigenvalue weighted by atomic mass is 10.0. The summed E-state index contributed by atoms with van der Waals surface area (Å²) in [6.07, 6.45) is 6.56. The molecule has 2 N–H and O–H groups in total. The van der Waals surface area contributed by atoms with Gasteiger partial charge in [0.1, 0.15) is 5.75 Å². The van der Waals surface area contributed by atoms with E-state index in [1.54, 1.807) is 17.0 Å². The van der Waals surface area contributed by atoms with Crippen LogP contribution >= 0.6 is 0 Å². The van der Waals surface area contributed by atoms with Crippen LogP contribution in [0.1, 0.15) is 45.1 Å². The van der Waals surface area contributed by atoms with Gasteiger partial charge in [0.2, 0.25) is 0 Å². The molecule has 19 heavy (non-hydrogen) atoms. The first-order chi connectivity index (χ1) is 9.19. The molecule has 0 heterocycles. The van der Waals surface area contributed by atoms with Crippen LogP contribution in [-0.4, -0.2) is 24.2 Å². The number of hydrogen-bond acceptors (Lipinski definition) is 1. The summed E-state index contributed by atoms with van der Waals surface area (Å²) in [6, 6.07) is 8.42. The minimum atomic E-state index is 0.365. The lowest BCUT2D eigenvalue weighted by molar-refractivity contribution is -0.925. The summed E-state index contributed by atoms with van der Waals surface area (Å²) in [5.41, 5.74) is 1.34. The summed E-state index contributed by atoms with van der Waals surface area (Å²) in [6.45, 7) is 7.38. The van der Waals surface area contributed by atoms with Crippen molar-refractivity contribution in [3.05, 3.63) is 29.8 Å². The number of phenols is 1. The Morgan fingerprint density at radius 3 is 2.53 bits per heavy atom. The van der Waals surface area contributed by atoms with Crippen molar-refractivity contribution >= 4 is 0 Å². The van der Waals surface area contributed by atoms with Crippen molar-refractivity contribution in [3.63, 3.8) is 0 Å². The third kappa shape index (κ3) is 4.87. The molecule has 0 bridgehead atoms. The maximum atomic E-state index is 9.29. The molecular formula is C17H28NO+. The third-order valence-corrected chi connectivity index (χ3v) is 4.32. The van der Waals surface area contributed by atoms with Gasteiger partial charge >= 0.3 is 0 Å². The van der Waals surface area contributed by atoms with Gasteiger partial charge in [0.25, 0.3) is 0 Å². The second-order valence-corrected chi connectivity index (χ2v) is 6.16. The highest BCUT2D eigenvalue weighted by molar-refractivity contribution is 5.25. The summed E-state index contributed by atoms with van der Waals surface area (Å²) in [5, 5.41) is 9.29. The Bertz CT molecular complexity index is 369. The Balaban J connectivity index is 1.80. The summed E-state index contributed by atoms with van der Waals surface area (Å²) in [5.74, 6) is 1.38. The van der Waals surface area contributed by atoms with Crippen LogP contribution in [-0.2, 0) is 6.42 Å². The normalized spacial score (nSPS) is 18.2. The highest BCUT2D eigenvalue weighted by Gasteiger charge is 2.28. The molecule has 0 amide bonds. The van der Waals surface area contributed by atoms with Crippen molar-refractivity contribution in [2.75, 3.05) is 13.1 Å². The van der Waals surface area contributed by atoms with Crippen LogP contribution in [0.25, 0.3) is 0 Å². The van der Waals surface area contributed by atoms with Gasteiger partial charge in [-0.05, 0) is 50.3 Å². The standard InChI is InChI=1S/C17H27NO/c1-3-12-18(13-16-6-7-16)14(2)4-5-15-8-10-17(19)11-9-15/h8-11,14,16,19H,3-7,12-13H2,1-2H3/p+1. The largest absolute Gasteiger partial charge is 0.508 e. The average molecular weight is 262 g/mol. The zero-order valence-corrected chi connectivity index (χ0v) is 12.4. The second-order valence-electron chi connectivity index (χ2n) is 6.16. The van der Waals surface area contributed by atoms with Crippen molar-refractivity contribution in [1.29, 1.82) is 0 Å². The number of nitrogens with one attached hydrogen (secondary N) is 1. The topological polar surface area (TPSA) is 24.7 Å². The summed E-state index contributed by atoms with van der Waals surface area (Å²) < 4.78 is 0. The lowest BCUT2D eigenvalue weighted by Crippen LogP contribution is -3.15. The first-order valence-electron chi connectivity index (χ1n) is 7.81. The van der Waals surface area contributed by atoms with Gasteiger partial charge < -0.3 is 10.0 Å². The fourth-order valence-corrected chi connectivity index (χ4v) is 2.81. The molecule has 1 aliphatic rings. The van der Waals surface area contributed by atoms with E-state index < -0.39 is 0 Å². The molecular weight excluding hydrogens is 234 g/mol. The van der Waals surface area contributed by atoms with E-state index in [-0.39, 0.29) is 0 Å². The molecule has 0 aliphatic heterocycles. The Labute approximate surface area is 117 Å². The molecule has 1 fully saturated rings. The van der Waals surface area contributed by atoms with E-state index >= 15 is 0 Å². The fourth-order valence-electron chi connectivity index (χ4n) is 2.81. The predicted octanol–water partition coefficient (Wildman–Crippen LogP) is 2.42. The molecule has 0 aromatic heterocycles. The molecule has 2 unspecified atom stereocenters. The molecule has 106 valence electrons. The summed E-state index contributed by atoms with van der Waals surface area (Å²) in [4.78, 5) is 1.80. The van der Waals surface area contributed by atoms with Gasteiger partial charge in [-0.15, -0.1) is 0 Å². The van der Waals surface area contributed by atoms with Crippen LogP contribution in [0.5, 0.6) is 5.75 Å². The minimum Gasteiger partial charge on any atom is -0.508 e. The molecule has 1 aromatic rings. The van der Waals surface area contributed by atoms with E-state index in [0.29, 0.717) is 5.75 Å². The molecule has 1 saturated carbocycles. The van der Waals surface area contributed by atoms with Crippen molar-refractivity contribution in [3.8, 4) is 5.75 Å². The van der Waals surface area contributed by atoms with E-state index in [1.165, 1.54) is 44.3 Å². The summed E-state index contributed by atoms with van der Waals surface area (Å²) >= 11 is 0.